The van der Waals surface area contributed by atoms with Crippen molar-refractivity contribution in [3.05, 3.63) is 23.8 Å². The molecule has 0 aliphatic carbocycles. The van der Waals surface area contributed by atoms with Gasteiger partial charge in [0.15, 0.2) is 17.5 Å². The predicted octanol–water partition coefficient (Wildman–Crippen LogP) is 2.96. The highest BCUT2D eigenvalue weighted by Crippen LogP contribution is 2.31. The second kappa shape index (κ2) is 10.9. The molecule has 1 unspecified atom stereocenters. The number of likely N-dealkylation sites (tertiary alicyclic amines) is 1. The van der Waals surface area contributed by atoms with Gasteiger partial charge in [-0.15, -0.1) is 24.0 Å². The molecule has 0 aromatic heterocycles. The van der Waals surface area contributed by atoms with Crippen molar-refractivity contribution >= 4 is 29.9 Å². The van der Waals surface area contributed by atoms with Crippen LogP contribution in [0, 0.1) is 0 Å². The lowest BCUT2D eigenvalue weighted by Gasteiger charge is -2.35. The number of nitrogens with one attached hydrogen (secondary N) is 1. The summed E-state index contributed by atoms with van der Waals surface area (Å²) >= 11 is 0. The summed E-state index contributed by atoms with van der Waals surface area (Å²) in [6.45, 7) is 7.56. The molecule has 1 aromatic carbocycles. The summed E-state index contributed by atoms with van der Waals surface area (Å²) in [7, 11) is 3.92. The summed E-state index contributed by atoms with van der Waals surface area (Å²) in [5, 5.41) is 3.56. The van der Waals surface area contributed by atoms with Gasteiger partial charge in [0.25, 0.3) is 0 Å². The number of likely N-dealkylation sites (N-methyl/N-ethyl adjacent to an activating group) is 1. The topological polar surface area (TPSA) is 49.3 Å². The minimum Gasteiger partial charge on any atom is -0.486 e. The Hall–Kier alpha value is -1.22. The van der Waals surface area contributed by atoms with Crippen LogP contribution in [0.4, 0.5) is 0 Å². The first kappa shape index (κ1) is 22.1. The van der Waals surface area contributed by atoms with Crippen molar-refractivity contribution < 1.29 is 9.47 Å². The third-order valence-corrected chi connectivity index (χ3v) is 5.25. The van der Waals surface area contributed by atoms with Gasteiger partial charge in [-0.1, -0.05) is 19.4 Å². The highest BCUT2D eigenvalue weighted by atomic mass is 127. The number of halogens is 1. The zero-order valence-electron chi connectivity index (χ0n) is 16.7. The predicted molar refractivity (Wildman–Crippen MR) is 121 cm³/mol. The molecule has 1 N–H and O–H groups in total. The number of aliphatic imine (C=N–C) groups is 1. The second-order valence-electron chi connectivity index (χ2n) is 7.04. The maximum atomic E-state index is 5.69. The molecule has 1 atom stereocenters. The average molecular weight is 488 g/mol. The van der Waals surface area contributed by atoms with Gasteiger partial charge < -0.3 is 19.7 Å². The maximum Gasteiger partial charge on any atom is 0.193 e. The van der Waals surface area contributed by atoms with Crippen molar-refractivity contribution in [3.63, 3.8) is 0 Å². The van der Waals surface area contributed by atoms with E-state index in [-0.39, 0.29) is 24.0 Å². The van der Waals surface area contributed by atoms with Crippen LogP contribution in [-0.4, -0.2) is 68.7 Å². The largest absolute Gasteiger partial charge is 0.486 e. The summed E-state index contributed by atoms with van der Waals surface area (Å²) in [5.74, 6) is 2.61. The van der Waals surface area contributed by atoms with Crippen molar-refractivity contribution in [2.45, 2.75) is 38.8 Å². The van der Waals surface area contributed by atoms with Gasteiger partial charge in [0, 0.05) is 33.2 Å². The van der Waals surface area contributed by atoms with E-state index in [1.54, 1.807) is 0 Å². The molecule has 2 aliphatic rings. The quantitative estimate of drug-likeness (QED) is 0.393. The normalized spacial score (nSPS) is 20.0. The SMILES string of the molecule is CCN1CCCCC1CNC(=NC)N(C)Cc1ccc2c(c1)OCCO2.I. The van der Waals surface area contributed by atoms with Gasteiger partial charge in [0.1, 0.15) is 13.2 Å². The van der Waals surface area contributed by atoms with E-state index < -0.39 is 0 Å². The highest BCUT2D eigenvalue weighted by Gasteiger charge is 2.21. The van der Waals surface area contributed by atoms with E-state index in [0.29, 0.717) is 19.3 Å². The number of benzene rings is 1. The fourth-order valence-electron chi connectivity index (χ4n) is 3.84. The third-order valence-electron chi connectivity index (χ3n) is 5.25. The molecule has 6 nitrogen and oxygen atoms in total. The van der Waals surface area contributed by atoms with E-state index in [1.165, 1.54) is 31.4 Å². The number of nitrogens with zero attached hydrogens (tertiary/aromatic N) is 3. The Balaban J connectivity index is 0.00000261. The second-order valence-corrected chi connectivity index (χ2v) is 7.04. The first-order chi connectivity index (χ1) is 12.7. The van der Waals surface area contributed by atoms with E-state index >= 15 is 0 Å². The number of rotatable bonds is 5. The van der Waals surface area contributed by atoms with Crippen LogP contribution in [0.3, 0.4) is 0 Å². The van der Waals surface area contributed by atoms with Crippen LogP contribution >= 0.6 is 24.0 Å². The minimum absolute atomic E-state index is 0. The monoisotopic (exact) mass is 488 g/mol. The standard InChI is InChI=1S/C20H32N4O2.HI/c1-4-24-10-6-5-7-17(24)14-22-20(21-2)23(3)15-16-8-9-18-19(13-16)26-12-11-25-18;/h8-9,13,17H,4-7,10-12,14-15H2,1-3H3,(H,21,22);1H. The number of hydrogen-bond acceptors (Lipinski definition) is 4. The molecule has 0 bridgehead atoms. The molecule has 2 aliphatic heterocycles. The Labute approximate surface area is 180 Å². The van der Waals surface area contributed by atoms with E-state index in [0.717, 1.165) is 37.1 Å². The van der Waals surface area contributed by atoms with Crippen LogP contribution in [0.5, 0.6) is 11.5 Å². The molecule has 2 heterocycles. The Morgan fingerprint density at radius 3 is 2.78 bits per heavy atom. The van der Waals surface area contributed by atoms with Crippen LogP contribution in [0.2, 0.25) is 0 Å². The molecule has 1 aromatic rings. The molecule has 1 fully saturated rings. The van der Waals surface area contributed by atoms with Crippen molar-refractivity contribution in [1.82, 2.24) is 15.1 Å². The van der Waals surface area contributed by atoms with E-state index in [9.17, 15) is 0 Å². The molecule has 0 saturated carbocycles. The molecular weight excluding hydrogens is 455 g/mol. The lowest BCUT2D eigenvalue weighted by Crippen LogP contribution is -2.49. The van der Waals surface area contributed by atoms with Crippen LogP contribution in [0.1, 0.15) is 31.7 Å². The highest BCUT2D eigenvalue weighted by molar-refractivity contribution is 14.0. The van der Waals surface area contributed by atoms with Crippen LogP contribution < -0.4 is 14.8 Å². The van der Waals surface area contributed by atoms with Gasteiger partial charge in [-0.3, -0.25) is 9.89 Å². The van der Waals surface area contributed by atoms with Gasteiger partial charge in [-0.2, -0.15) is 0 Å². The molecule has 7 heteroatoms. The third kappa shape index (κ3) is 5.88. The number of piperidine rings is 1. The molecule has 3 rings (SSSR count). The summed E-state index contributed by atoms with van der Waals surface area (Å²) in [4.78, 5) is 9.20. The number of ether oxygens (including phenoxy) is 2. The minimum atomic E-state index is 0. The van der Waals surface area contributed by atoms with Crippen LogP contribution in [0.25, 0.3) is 0 Å². The summed E-state index contributed by atoms with van der Waals surface area (Å²) in [6, 6.07) is 6.76. The number of fused-ring (bicyclic) bond motifs is 1. The van der Waals surface area contributed by atoms with Gasteiger partial charge in [0.05, 0.1) is 0 Å². The zero-order chi connectivity index (χ0) is 18.4. The maximum absolute atomic E-state index is 5.69. The first-order valence-electron chi connectivity index (χ1n) is 9.75. The van der Waals surface area contributed by atoms with Gasteiger partial charge >= 0.3 is 0 Å². The molecule has 0 spiro atoms. The van der Waals surface area contributed by atoms with Crippen molar-refractivity contribution in [1.29, 1.82) is 0 Å². The molecule has 1 saturated heterocycles. The Bertz CT molecular complexity index is 626. The summed E-state index contributed by atoms with van der Waals surface area (Å²) < 4.78 is 11.3. The van der Waals surface area contributed by atoms with E-state index in [1.807, 2.05) is 13.1 Å². The first-order valence-corrected chi connectivity index (χ1v) is 9.75. The average Bonchev–Trinajstić information content (AvgIpc) is 2.68. The van der Waals surface area contributed by atoms with Gasteiger partial charge in [-0.05, 0) is 43.6 Å². The fourth-order valence-corrected chi connectivity index (χ4v) is 3.84. The molecule has 152 valence electrons. The van der Waals surface area contributed by atoms with Crippen molar-refractivity contribution in [2.75, 3.05) is 46.9 Å². The van der Waals surface area contributed by atoms with E-state index in [2.05, 4.69) is 46.2 Å². The van der Waals surface area contributed by atoms with E-state index in [4.69, 9.17) is 9.47 Å². The fraction of sp³-hybridized carbons (Fsp3) is 0.650. The van der Waals surface area contributed by atoms with Gasteiger partial charge in [0.2, 0.25) is 0 Å². The summed E-state index contributed by atoms with van der Waals surface area (Å²) in [6.07, 6.45) is 3.92. The smallest absolute Gasteiger partial charge is 0.193 e. The lowest BCUT2D eigenvalue weighted by molar-refractivity contribution is 0.156. The Kier molecular flexibility index (Phi) is 8.95. The zero-order valence-corrected chi connectivity index (χ0v) is 19.1. The molecule has 0 amide bonds. The van der Waals surface area contributed by atoms with Crippen molar-refractivity contribution in [2.24, 2.45) is 4.99 Å². The number of guanidine groups is 1. The van der Waals surface area contributed by atoms with Gasteiger partial charge in [-0.25, -0.2) is 0 Å². The molecule has 27 heavy (non-hydrogen) atoms. The lowest BCUT2D eigenvalue weighted by atomic mass is 10.0. The van der Waals surface area contributed by atoms with Crippen LogP contribution in [0.15, 0.2) is 23.2 Å². The van der Waals surface area contributed by atoms with Crippen molar-refractivity contribution in [3.8, 4) is 11.5 Å². The van der Waals surface area contributed by atoms with Crippen LogP contribution in [-0.2, 0) is 6.54 Å². The molecular formula is C20H33IN4O2. The Morgan fingerprint density at radius 1 is 1.26 bits per heavy atom. The molecule has 0 radical (unpaired) electrons. The Morgan fingerprint density at radius 2 is 2.04 bits per heavy atom. The number of hydrogen-bond donors (Lipinski definition) is 1. The summed E-state index contributed by atoms with van der Waals surface area (Å²) in [5.41, 5.74) is 1.19.